The summed E-state index contributed by atoms with van der Waals surface area (Å²) in [4.78, 5) is 5.18. The third kappa shape index (κ3) is 5.04. The predicted octanol–water partition coefficient (Wildman–Crippen LogP) is 4.26. The van der Waals surface area contributed by atoms with Gasteiger partial charge in [-0.25, -0.2) is 0 Å². The number of nitriles is 1. The van der Waals surface area contributed by atoms with Gasteiger partial charge in [0.1, 0.15) is 5.75 Å². The Morgan fingerprint density at radius 2 is 1.78 bits per heavy atom. The zero-order chi connectivity index (χ0) is 16.9. The second-order valence-electron chi connectivity index (χ2n) is 4.48. The number of hydrogen-bond donors (Lipinski definition) is 0. The number of halogens is 3. The monoisotopic (exact) mass is 320 g/mol. The highest BCUT2D eigenvalue weighted by Crippen LogP contribution is 2.23. The van der Waals surface area contributed by atoms with Crippen LogP contribution in [0.4, 0.5) is 13.2 Å². The summed E-state index contributed by atoms with van der Waals surface area (Å²) in [5.74, 6) is 0.0777. The molecule has 2 aromatic carbocycles. The first-order valence-corrected chi connectivity index (χ1v) is 6.45. The van der Waals surface area contributed by atoms with Crippen LogP contribution in [0.25, 0.3) is 0 Å². The largest absolute Gasteiger partial charge is 0.573 e. The Hall–Kier alpha value is -3.01. The number of nitrogens with zero attached hydrogens (tertiary/aromatic N) is 2. The van der Waals surface area contributed by atoms with Crippen LogP contribution in [0.3, 0.4) is 0 Å². The Morgan fingerprint density at radius 1 is 1.09 bits per heavy atom. The molecule has 0 spiro atoms. The molecule has 7 heteroatoms. The standard InChI is InChI=1S/C16H11F3N2O2/c1-11(21-23-14-7-5-12(10-20)6-8-14)13-3-2-4-15(9-13)22-16(17,18)19/h2-9H,1H3. The zero-order valence-corrected chi connectivity index (χ0v) is 12.0. The lowest BCUT2D eigenvalue weighted by molar-refractivity contribution is -0.274. The predicted molar refractivity (Wildman–Crippen MR) is 77.1 cm³/mol. The number of hydrogen-bond acceptors (Lipinski definition) is 4. The minimum Gasteiger partial charge on any atom is -0.406 e. The molecule has 118 valence electrons. The number of oxime groups is 1. The highest BCUT2D eigenvalue weighted by Gasteiger charge is 2.31. The summed E-state index contributed by atoms with van der Waals surface area (Å²) >= 11 is 0. The summed E-state index contributed by atoms with van der Waals surface area (Å²) < 4.78 is 40.5. The van der Waals surface area contributed by atoms with Crippen LogP contribution in [0.15, 0.2) is 53.7 Å². The summed E-state index contributed by atoms with van der Waals surface area (Å²) in [6.07, 6.45) is -4.75. The van der Waals surface area contributed by atoms with Gasteiger partial charge in [-0.1, -0.05) is 17.3 Å². The van der Waals surface area contributed by atoms with Crippen molar-refractivity contribution in [1.82, 2.24) is 0 Å². The average Bonchev–Trinajstić information content (AvgIpc) is 2.51. The average molecular weight is 320 g/mol. The van der Waals surface area contributed by atoms with E-state index >= 15 is 0 Å². The molecule has 0 aliphatic heterocycles. The Morgan fingerprint density at radius 3 is 2.39 bits per heavy atom. The second kappa shape index (κ2) is 6.83. The Bertz CT molecular complexity index is 747. The van der Waals surface area contributed by atoms with Crippen molar-refractivity contribution in [2.75, 3.05) is 0 Å². The van der Waals surface area contributed by atoms with E-state index in [9.17, 15) is 13.2 Å². The molecular weight excluding hydrogens is 309 g/mol. The molecule has 23 heavy (non-hydrogen) atoms. The maximum atomic E-state index is 12.2. The van der Waals surface area contributed by atoms with Crippen molar-refractivity contribution < 1.29 is 22.7 Å². The highest BCUT2D eigenvalue weighted by atomic mass is 19.4. The molecule has 0 aliphatic rings. The van der Waals surface area contributed by atoms with Crippen LogP contribution in [0, 0.1) is 11.3 Å². The van der Waals surface area contributed by atoms with E-state index in [1.165, 1.54) is 18.2 Å². The summed E-state index contributed by atoms with van der Waals surface area (Å²) in [5.41, 5.74) is 1.29. The van der Waals surface area contributed by atoms with Crippen molar-refractivity contribution in [3.8, 4) is 17.6 Å². The summed E-state index contributed by atoms with van der Waals surface area (Å²) in [6, 6.07) is 13.7. The molecule has 0 unspecified atom stereocenters. The molecule has 0 amide bonds. The fourth-order valence-corrected chi connectivity index (χ4v) is 1.68. The van der Waals surface area contributed by atoms with Gasteiger partial charge in [-0.05, 0) is 43.3 Å². The molecule has 0 aliphatic carbocycles. The van der Waals surface area contributed by atoms with E-state index in [-0.39, 0.29) is 5.75 Å². The first-order valence-electron chi connectivity index (χ1n) is 6.45. The minimum absolute atomic E-state index is 0.331. The minimum atomic E-state index is -4.75. The first kappa shape index (κ1) is 16.4. The topological polar surface area (TPSA) is 54.6 Å². The molecule has 0 saturated heterocycles. The van der Waals surface area contributed by atoms with Crippen LogP contribution in [0.5, 0.6) is 11.5 Å². The Balaban J connectivity index is 2.11. The van der Waals surface area contributed by atoms with Crippen LogP contribution in [0.1, 0.15) is 18.1 Å². The van der Waals surface area contributed by atoms with Crippen molar-refractivity contribution in [3.63, 3.8) is 0 Å². The van der Waals surface area contributed by atoms with Gasteiger partial charge >= 0.3 is 6.36 Å². The van der Waals surface area contributed by atoms with Gasteiger partial charge in [-0.15, -0.1) is 13.2 Å². The maximum Gasteiger partial charge on any atom is 0.573 e. The number of alkyl halides is 3. The quantitative estimate of drug-likeness (QED) is 0.625. The van der Waals surface area contributed by atoms with Gasteiger partial charge in [0.05, 0.1) is 17.3 Å². The van der Waals surface area contributed by atoms with Crippen molar-refractivity contribution in [1.29, 1.82) is 5.26 Å². The van der Waals surface area contributed by atoms with Crippen LogP contribution >= 0.6 is 0 Å². The summed E-state index contributed by atoms with van der Waals surface area (Å²) in [7, 11) is 0. The highest BCUT2D eigenvalue weighted by molar-refractivity contribution is 5.98. The third-order valence-corrected chi connectivity index (χ3v) is 2.76. The molecule has 4 nitrogen and oxygen atoms in total. The normalized spacial score (nSPS) is 11.7. The van der Waals surface area contributed by atoms with Crippen molar-refractivity contribution in [3.05, 3.63) is 59.7 Å². The van der Waals surface area contributed by atoms with Crippen molar-refractivity contribution in [2.24, 2.45) is 5.16 Å². The van der Waals surface area contributed by atoms with Gasteiger partial charge in [0, 0.05) is 5.56 Å². The lowest BCUT2D eigenvalue weighted by Crippen LogP contribution is -2.17. The molecule has 2 rings (SSSR count). The second-order valence-corrected chi connectivity index (χ2v) is 4.48. The maximum absolute atomic E-state index is 12.2. The van der Waals surface area contributed by atoms with Crippen molar-refractivity contribution in [2.45, 2.75) is 13.3 Å². The van der Waals surface area contributed by atoms with E-state index in [0.29, 0.717) is 22.6 Å². The first-order chi connectivity index (χ1) is 10.9. The van der Waals surface area contributed by atoms with Gasteiger partial charge in [0.15, 0.2) is 5.75 Å². The van der Waals surface area contributed by atoms with Crippen LogP contribution < -0.4 is 9.57 Å². The SMILES string of the molecule is CC(=NOc1ccc(C#N)cc1)c1cccc(OC(F)(F)F)c1. The van der Waals surface area contributed by atoms with E-state index in [1.807, 2.05) is 6.07 Å². The van der Waals surface area contributed by atoms with Gasteiger partial charge in [-0.3, -0.25) is 0 Å². The molecule has 0 saturated carbocycles. The van der Waals surface area contributed by atoms with E-state index < -0.39 is 6.36 Å². The molecule has 0 N–H and O–H groups in total. The van der Waals surface area contributed by atoms with E-state index in [4.69, 9.17) is 10.1 Å². The molecule has 2 aromatic rings. The van der Waals surface area contributed by atoms with E-state index in [2.05, 4.69) is 9.89 Å². The summed E-state index contributed by atoms with van der Waals surface area (Å²) in [6.45, 7) is 1.59. The fourth-order valence-electron chi connectivity index (χ4n) is 1.68. The van der Waals surface area contributed by atoms with Gasteiger partial charge < -0.3 is 9.57 Å². The van der Waals surface area contributed by atoms with Crippen molar-refractivity contribution >= 4 is 5.71 Å². The molecule has 0 radical (unpaired) electrons. The molecule has 0 fully saturated rings. The number of ether oxygens (including phenoxy) is 1. The van der Waals surface area contributed by atoms with Gasteiger partial charge in [0.2, 0.25) is 0 Å². The van der Waals surface area contributed by atoms with Gasteiger partial charge in [-0.2, -0.15) is 5.26 Å². The lowest BCUT2D eigenvalue weighted by Gasteiger charge is -2.09. The van der Waals surface area contributed by atoms with E-state index in [0.717, 1.165) is 0 Å². The van der Waals surface area contributed by atoms with E-state index in [1.54, 1.807) is 37.3 Å². The Labute approximate surface area is 130 Å². The number of benzene rings is 2. The molecule has 0 atom stereocenters. The Kier molecular flexibility index (Phi) is 4.86. The van der Waals surface area contributed by atoms with Crippen LogP contribution in [0.2, 0.25) is 0 Å². The van der Waals surface area contributed by atoms with Crippen LogP contribution in [-0.2, 0) is 0 Å². The summed E-state index contributed by atoms with van der Waals surface area (Å²) in [5, 5.41) is 12.5. The number of rotatable bonds is 4. The fraction of sp³-hybridized carbons (Fsp3) is 0.125. The molecule has 0 heterocycles. The third-order valence-electron chi connectivity index (χ3n) is 2.76. The van der Waals surface area contributed by atoms with Crippen LogP contribution in [-0.4, -0.2) is 12.1 Å². The molecular formula is C16H11F3N2O2. The zero-order valence-electron chi connectivity index (χ0n) is 12.0. The molecule has 0 bridgehead atoms. The lowest BCUT2D eigenvalue weighted by atomic mass is 10.1. The smallest absolute Gasteiger partial charge is 0.406 e. The van der Waals surface area contributed by atoms with Gasteiger partial charge in [0.25, 0.3) is 0 Å². The molecule has 0 aromatic heterocycles.